The Morgan fingerprint density at radius 1 is 0.955 bits per heavy atom. The van der Waals surface area contributed by atoms with E-state index < -0.39 is 17.6 Å². The van der Waals surface area contributed by atoms with E-state index in [9.17, 15) is 19.5 Å². The lowest BCUT2D eigenvalue weighted by Crippen LogP contribution is -2.38. The van der Waals surface area contributed by atoms with Gasteiger partial charge in [-0.15, -0.1) is 0 Å². The van der Waals surface area contributed by atoms with E-state index in [1.807, 2.05) is 0 Å². The Morgan fingerprint density at radius 2 is 1.50 bits per heavy atom. The van der Waals surface area contributed by atoms with Gasteiger partial charge in [0.25, 0.3) is 0 Å². The molecular formula is C18H14O4. The van der Waals surface area contributed by atoms with Gasteiger partial charge >= 0.3 is 0 Å². The normalized spacial score (nSPS) is 23.7. The van der Waals surface area contributed by atoms with E-state index in [1.54, 1.807) is 24.3 Å². The molecule has 22 heavy (non-hydrogen) atoms. The third-order valence-electron chi connectivity index (χ3n) is 4.09. The Balaban J connectivity index is 2.06. The maximum absolute atomic E-state index is 12.6. The summed E-state index contributed by atoms with van der Waals surface area (Å²) in [4.78, 5) is 37.6. The standard InChI is InChI=1S/C18H14O4/c1-10-15(17(21)11-6-8-12(19)9-7-11)18(22)14-5-3-2-4-13(14)16(10)20/h2-9,13-14,19H,1H3. The fourth-order valence-electron chi connectivity index (χ4n) is 2.87. The average molecular weight is 294 g/mol. The molecular weight excluding hydrogens is 280 g/mol. The maximum atomic E-state index is 12.6. The van der Waals surface area contributed by atoms with Crippen molar-refractivity contribution in [2.75, 3.05) is 0 Å². The van der Waals surface area contributed by atoms with Crippen molar-refractivity contribution in [1.29, 1.82) is 0 Å². The highest BCUT2D eigenvalue weighted by atomic mass is 16.3. The number of aromatic hydroxyl groups is 1. The number of phenols is 1. The van der Waals surface area contributed by atoms with Crippen LogP contribution in [0.1, 0.15) is 17.3 Å². The Bertz CT molecular complexity index is 763. The highest BCUT2D eigenvalue weighted by Gasteiger charge is 2.42. The molecule has 0 saturated heterocycles. The van der Waals surface area contributed by atoms with Gasteiger partial charge in [0, 0.05) is 11.1 Å². The SMILES string of the molecule is CC1=C(C(=O)c2ccc(O)cc2)C(=O)C2C=CC=CC2C1=O. The molecule has 0 heterocycles. The fraction of sp³-hybridized carbons (Fsp3) is 0.167. The monoisotopic (exact) mass is 294 g/mol. The molecule has 2 aliphatic rings. The molecule has 0 aliphatic heterocycles. The van der Waals surface area contributed by atoms with Crippen molar-refractivity contribution in [3.63, 3.8) is 0 Å². The summed E-state index contributed by atoms with van der Waals surface area (Å²) in [6.07, 6.45) is 6.83. The van der Waals surface area contributed by atoms with Crippen molar-refractivity contribution >= 4 is 17.3 Å². The van der Waals surface area contributed by atoms with Crippen molar-refractivity contribution < 1.29 is 19.5 Å². The number of rotatable bonds is 2. The van der Waals surface area contributed by atoms with Crippen LogP contribution in [0, 0.1) is 11.8 Å². The molecule has 2 unspecified atom stereocenters. The fourth-order valence-corrected chi connectivity index (χ4v) is 2.87. The van der Waals surface area contributed by atoms with Crippen molar-refractivity contribution in [3.05, 3.63) is 65.3 Å². The van der Waals surface area contributed by atoms with E-state index in [0.717, 1.165) is 0 Å². The first-order chi connectivity index (χ1) is 10.5. The number of phenolic OH excluding ortho intramolecular Hbond substituents is 1. The minimum atomic E-state index is -0.600. The van der Waals surface area contributed by atoms with Crippen LogP contribution in [0.15, 0.2) is 59.7 Å². The van der Waals surface area contributed by atoms with E-state index in [1.165, 1.54) is 31.2 Å². The molecule has 0 aromatic heterocycles. The number of hydrogen-bond donors (Lipinski definition) is 1. The summed E-state index contributed by atoms with van der Waals surface area (Å²) in [6, 6.07) is 5.64. The molecule has 2 atom stereocenters. The summed E-state index contributed by atoms with van der Waals surface area (Å²) < 4.78 is 0. The third-order valence-corrected chi connectivity index (χ3v) is 4.09. The van der Waals surface area contributed by atoms with Crippen LogP contribution in [0.25, 0.3) is 0 Å². The van der Waals surface area contributed by atoms with Crippen LogP contribution in [0.5, 0.6) is 5.75 Å². The number of carbonyl (C=O) groups excluding carboxylic acids is 3. The smallest absolute Gasteiger partial charge is 0.197 e. The van der Waals surface area contributed by atoms with Crippen molar-refractivity contribution in [2.45, 2.75) is 6.92 Å². The van der Waals surface area contributed by atoms with E-state index in [2.05, 4.69) is 0 Å². The molecule has 0 radical (unpaired) electrons. The van der Waals surface area contributed by atoms with Crippen molar-refractivity contribution in [2.24, 2.45) is 11.8 Å². The van der Waals surface area contributed by atoms with Gasteiger partial charge in [0.05, 0.1) is 17.4 Å². The van der Waals surface area contributed by atoms with Crippen molar-refractivity contribution in [1.82, 2.24) is 0 Å². The molecule has 3 rings (SSSR count). The zero-order valence-electron chi connectivity index (χ0n) is 11.9. The lowest BCUT2D eigenvalue weighted by atomic mass is 9.71. The van der Waals surface area contributed by atoms with E-state index in [-0.39, 0.29) is 34.0 Å². The van der Waals surface area contributed by atoms with Crippen LogP contribution >= 0.6 is 0 Å². The first-order valence-electron chi connectivity index (χ1n) is 6.98. The van der Waals surface area contributed by atoms with Gasteiger partial charge in [-0.25, -0.2) is 0 Å². The first kappa shape index (κ1) is 14.2. The summed E-state index contributed by atoms with van der Waals surface area (Å²) >= 11 is 0. The number of hydrogen-bond acceptors (Lipinski definition) is 4. The predicted molar refractivity (Wildman–Crippen MR) is 80.4 cm³/mol. The molecule has 4 nitrogen and oxygen atoms in total. The summed E-state index contributed by atoms with van der Waals surface area (Å²) in [5.41, 5.74) is 0.447. The van der Waals surface area contributed by atoms with Crippen LogP contribution in [-0.2, 0) is 9.59 Å². The Morgan fingerprint density at radius 3 is 2.09 bits per heavy atom. The molecule has 4 heteroatoms. The number of allylic oxidation sites excluding steroid dienone is 6. The van der Waals surface area contributed by atoms with Gasteiger partial charge in [-0.05, 0) is 31.2 Å². The number of Topliss-reactive ketones (excluding diaryl/α,β-unsaturated/α-hetero) is 3. The van der Waals surface area contributed by atoms with Gasteiger partial charge in [0.2, 0.25) is 0 Å². The van der Waals surface area contributed by atoms with Crippen LogP contribution in [0.4, 0.5) is 0 Å². The Kier molecular flexibility index (Phi) is 3.37. The Labute approximate surface area is 127 Å². The second-order valence-corrected chi connectivity index (χ2v) is 5.43. The Hall–Kier alpha value is -2.75. The number of fused-ring (bicyclic) bond motifs is 1. The van der Waals surface area contributed by atoms with Gasteiger partial charge in [-0.1, -0.05) is 24.3 Å². The number of ketones is 3. The van der Waals surface area contributed by atoms with Crippen molar-refractivity contribution in [3.8, 4) is 5.75 Å². The van der Waals surface area contributed by atoms with E-state index in [4.69, 9.17) is 0 Å². The predicted octanol–water partition coefficient (Wildman–Crippen LogP) is 2.40. The van der Waals surface area contributed by atoms with Gasteiger partial charge in [-0.2, -0.15) is 0 Å². The molecule has 0 amide bonds. The van der Waals surface area contributed by atoms with E-state index in [0.29, 0.717) is 0 Å². The lowest BCUT2D eigenvalue weighted by molar-refractivity contribution is -0.127. The van der Waals surface area contributed by atoms with Gasteiger partial charge in [-0.3, -0.25) is 14.4 Å². The highest BCUT2D eigenvalue weighted by Crippen LogP contribution is 2.34. The summed E-state index contributed by atoms with van der Waals surface area (Å²) in [6.45, 7) is 1.52. The molecule has 1 aromatic rings. The summed E-state index contributed by atoms with van der Waals surface area (Å²) in [7, 11) is 0. The van der Waals surface area contributed by atoms with Crippen LogP contribution in [-0.4, -0.2) is 22.5 Å². The molecule has 0 spiro atoms. The topological polar surface area (TPSA) is 71.4 Å². The first-order valence-corrected chi connectivity index (χ1v) is 6.98. The average Bonchev–Trinajstić information content (AvgIpc) is 2.53. The molecule has 0 bridgehead atoms. The van der Waals surface area contributed by atoms with Gasteiger partial charge in [0.1, 0.15) is 5.75 Å². The molecule has 2 aliphatic carbocycles. The molecule has 1 N–H and O–H groups in total. The van der Waals surface area contributed by atoms with Crippen LogP contribution in [0.2, 0.25) is 0 Å². The number of benzene rings is 1. The minimum absolute atomic E-state index is 0.0358. The second-order valence-electron chi connectivity index (χ2n) is 5.43. The van der Waals surface area contributed by atoms with Gasteiger partial charge in [0.15, 0.2) is 17.3 Å². The lowest BCUT2D eigenvalue weighted by Gasteiger charge is -2.28. The van der Waals surface area contributed by atoms with Crippen LogP contribution < -0.4 is 0 Å². The quantitative estimate of drug-likeness (QED) is 0.671. The molecule has 0 saturated carbocycles. The molecule has 1 aromatic carbocycles. The summed E-state index contributed by atoms with van der Waals surface area (Å²) in [5, 5.41) is 9.29. The minimum Gasteiger partial charge on any atom is -0.508 e. The largest absolute Gasteiger partial charge is 0.508 e. The second kappa shape index (κ2) is 5.22. The van der Waals surface area contributed by atoms with Crippen LogP contribution in [0.3, 0.4) is 0 Å². The molecule has 110 valence electrons. The highest BCUT2D eigenvalue weighted by molar-refractivity contribution is 6.33. The maximum Gasteiger partial charge on any atom is 0.197 e. The van der Waals surface area contributed by atoms with E-state index >= 15 is 0 Å². The zero-order chi connectivity index (χ0) is 15.9. The van der Waals surface area contributed by atoms with Gasteiger partial charge < -0.3 is 5.11 Å². The zero-order valence-corrected chi connectivity index (χ0v) is 11.9. The number of carbonyl (C=O) groups is 3. The third kappa shape index (κ3) is 2.13. The summed E-state index contributed by atoms with van der Waals surface area (Å²) in [5.74, 6) is -2.05. The molecule has 0 fully saturated rings.